The first kappa shape index (κ1) is 14.9. The van der Waals surface area contributed by atoms with E-state index in [1.54, 1.807) is 0 Å². The zero-order valence-electron chi connectivity index (χ0n) is 13.6. The van der Waals surface area contributed by atoms with E-state index in [1.165, 1.54) is 62.7 Å². The van der Waals surface area contributed by atoms with Crippen LogP contribution in [-0.2, 0) is 6.42 Å². The van der Waals surface area contributed by atoms with Crippen LogP contribution in [0.1, 0.15) is 57.9 Å². The maximum atomic E-state index is 3.74. The van der Waals surface area contributed by atoms with Gasteiger partial charge in [-0.25, -0.2) is 0 Å². The molecule has 116 valence electrons. The summed E-state index contributed by atoms with van der Waals surface area (Å²) in [7, 11) is 0. The van der Waals surface area contributed by atoms with Gasteiger partial charge in [-0.05, 0) is 62.8 Å². The van der Waals surface area contributed by atoms with Crippen LogP contribution in [0.5, 0.6) is 0 Å². The SMILES string of the molecule is CCCNC1CC2CCC(C1)N2c1ccc(CCC)cc1. The predicted octanol–water partition coefficient (Wildman–Crippen LogP) is 4.14. The Morgan fingerprint density at radius 3 is 2.24 bits per heavy atom. The summed E-state index contributed by atoms with van der Waals surface area (Å²) in [6.45, 7) is 5.69. The third kappa shape index (κ3) is 3.26. The van der Waals surface area contributed by atoms with E-state index in [0.717, 1.165) is 18.1 Å². The molecular formula is C19H30N2. The van der Waals surface area contributed by atoms with Gasteiger partial charge in [0, 0.05) is 23.8 Å². The highest BCUT2D eigenvalue weighted by Gasteiger charge is 2.40. The normalized spacial score (nSPS) is 28.1. The lowest BCUT2D eigenvalue weighted by atomic mass is 9.96. The van der Waals surface area contributed by atoms with Crippen LogP contribution in [0.2, 0.25) is 0 Å². The monoisotopic (exact) mass is 286 g/mol. The highest BCUT2D eigenvalue weighted by atomic mass is 15.2. The van der Waals surface area contributed by atoms with Crippen LogP contribution in [0.3, 0.4) is 0 Å². The average molecular weight is 286 g/mol. The topological polar surface area (TPSA) is 15.3 Å². The van der Waals surface area contributed by atoms with Crippen molar-refractivity contribution >= 4 is 5.69 Å². The molecule has 2 bridgehead atoms. The number of rotatable bonds is 6. The van der Waals surface area contributed by atoms with Gasteiger partial charge in [-0.2, -0.15) is 0 Å². The van der Waals surface area contributed by atoms with Gasteiger partial charge in [0.15, 0.2) is 0 Å². The standard InChI is InChI=1S/C19H30N2/c1-3-5-15-6-8-17(9-7-15)21-18-10-11-19(21)14-16(13-18)20-12-4-2/h6-9,16,18-20H,3-5,10-14H2,1-2H3. The van der Waals surface area contributed by atoms with Gasteiger partial charge in [-0.1, -0.05) is 32.4 Å². The number of anilines is 1. The minimum absolute atomic E-state index is 0.748. The van der Waals surface area contributed by atoms with Crippen LogP contribution in [0.4, 0.5) is 5.69 Å². The molecule has 1 N–H and O–H groups in total. The summed E-state index contributed by atoms with van der Waals surface area (Å²) < 4.78 is 0. The minimum Gasteiger partial charge on any atom is -0.365 e. The maximum absolute atomic E-state index is 3.74. The highest BCUT2D eigenvalue weighted by Crippen LogP contribution is 2.39. The number of fused-ring (bicyclic) bond motifs is 2. The molecule has 0 aromatic heterocycles. The molecule has 21 heavy (non-hydrogen) atoms. The first-order valence-electron chi connectivity index (χ1n) is 8.92. The van der Waals surface area contributed by atoms with Crippen molar-refractivity contribution in [3.05, 3.63) is 29.8 Å². The molecule has 1 aromatic rings. The number of hydrogen-bond acceptors (Lipinski definition) is 2. The van der Waals surface area contributed by atoms with Crippen LogP contribution in [0.15, 0.2) is 24.3 Å². The fourth-order valence-corrected chi connectivity index (χ4v) is 4.24. The first-order chi connectivity index (χ1) is 10.3. The lowest BCUT2D eigenvalue weighted by molar-refractivity contribution is 0.357. The summed E-state index contributed by atoms with van der Waals surface area (Å²) in [6, 6.07) is 11.6. The van der Waals surface area contributed by atoms with Gasteiger partial charge in [0.1, 0.15) is 0 Å². The third-order valence-corrected chi connectivity index (χ3v) is 5.19. The van der Waals surface area contributed by atoms with Crippen molar-refractivity contribution in [2.45, 2.75) is 76.9 Å². The second-order valence-electron chi connectivity index (χ2n) is 6.83. The van der Waals surface area contributed by atoms with Gasteiger partial charge in [-0.3, -0.25) is 0 Å². The summed E-state index contributed by atoms with van der Waals surface area (Å²) in [5.74, 6) is 0. The number of nitrogens with zero attached hydrogens (tertiary/aromatic N) is 1. The fourth-order valence-electron chi connectivity index (χ4n) is 4.24. The Labute approximate surface area is 129 Å². The Bertz CT molecular complexity index is 425. The molecule has 3 rings (SSSR count). The Balaban J connectivity index is 1.67. The van der Waals surface area contributed by atoms with Crippen molar-refractivity contribution in [3.8, 4) is 0 Å². The molecule has 0 amide bonds. The molecule has 2 nitrogen and oxygen atoms in total. The maximum Gasteiger partial charge on any atom is 0.0371 e. The van der Waals surface area contributed by atoms with Gasteiger partial charge < -0.3 is 10.2 Å². The first-order valence-corrected chi connectivity index (χ1v) is 8.92. The molecule has 2 unspecified atom stereocenters. The summed E-state index contributed by atoms with van der Waals surface area (Å²) in [6.07, 6.45) is 9.10. The molecule has 0 spiro atoms. The number of nitrogens with one attached hydrogen (secondary N) is 1. The predicted molar refractivity (Wildman–Crippen MR) is 91.0 cm³/mol. The van der Waals surface area contributed by atoms with Crippen LogP contribution < -0.4 is 10.2 Å². The quantitative estimate of drug-likeness (QED) is 0.845. The number of hydrogen-bond donors (Lipinski definition) is 1. The zero-order valence-corrected chi connectivity index (χ0v) is 13.6. The minimum atomic E-state index is 0.748. The number of benzene rings is 1. The summed E-state index contributed by atoms with van der Waals surface area (Å²) in [5, 5.41) is 3.74. The van der Waals surface area contributed by atoms with E-state index in [1.807, 2.05) is 0 Å². The molecule has 0 aliphatic carbocycles. The average Bonchev–Trinajstić information content (AvgIpc) is 2.77. The molecular weight excluding hydrogens is 256 g/mol. The van der Waals surface area contributed by atoms with E-state index in [9.17, 15) is 0 Å². The van der Waals surface area contributed by atoms with E-state index in [2.05, 4.69) is 48.3 Å². The van der Waals surface area contributed by atoms with Gasteiger partial charge in [0.2, 0.25) is 0 Å². The van der Waals surface area contributed by atoms with Crippen LogP contribution in [0, 0.1) is 0 Å². The second kappa shape index (κ2) is 6.83. The van der Waals surface area contributed by atoms with Crippen LogP contribution in [-0.4, -0.2) is 24.7 Å². The zero-order chi connectivity index (χ0) is 14.7. The van der Waals surface area contributed by atoms with E-state index in [0.29, 0.717) is 0 Å². The second-order valence-corrected chi connectivity index (χ2v) is 6.83. The molecule has 2 heterocycles. The lowest BCUT2D eigenvalue weighted by Crippen LogP contribution is -2.49. The van der Waals surface area contributed by atoms with Crippen molar-refractivity contribution in [3.63, 3.8) is 0 Å². The highest BCUT2D eigenvalue weighted by molar-refractivity contribution is 5.51. The van der Waals surface area contributed by atoms with E-state index < -0.39 is 0 Å². The largest absolute Gasteiger partial charge is 0.365 e. The van der Waals surface area contributed by atoms with Gasteiger partial charge >= 0.3 is 0 Å². The smallest absolute Gasteiger partial charge is 0.0371 e. The number of aryl methyl sites for hydroxylation is 1. The van der Waals surface area contributed by atoms with Crippen molar-refractivity contribution < 1.29 is 0 Å². The summed E-state index contributed by atoms with van der Waals surface area (Å²) in [5.41, 5.74) is 2.93. The molecule has 2 aliphatic rings. The van der Waals surface area contributed by atoms with E-state index >= 15 is 0 Å². The Hall–Kier alpha value is -1.02. The summed E-state index contributed by atoms with van der Waals surface area (Å²) >= 11 is 0. The Morgan fingerprint density at radius 1 is 1.00 bits per heavy atom. The lowest BCUT2D eigenvalue weighted by Gasteiger charge is -2.41. The fraction of sp³-hybridized carbons (Fsp3) is 0.684. The van der Waals surface area contributed by atoms with Crippen molar-refractivity contribution in [2.75, 3.05) is 11.4 Å². The molecule has 2 aliphatic heterocycles. The molecule has 2 saturated heterocycles. The Kier molecular flexibility index (Phi) is 4.84. The van der Waals surface area contributed by atoms with Crippen LogP contribution >= 0.6 is 0 Å². The van der Waals surface area contributed by atoms with Gasteiger partial charge in [-0.15, -0.1) is 0 Å². The van der Waals surface area contributed by atoms with Gasteiger partial charge in [0.25, 0.3) is 0 Å². The van der Waals surface area contributed by atoms with E-state index in [-0.39, 0.29) is 0 Å². The van der Waals surface area contributed by atoms with E-state index in [4.69, 9.17) is 0 Å². The number of piperidine rings is 1. The molecule has 1 aromatic carbocycles. The molecule has 2 atom stereocenters. The summed E-state index contributed by atoms with van der Waals surface area (Å²) in [4.78, 5) is 2.72. The van der Waals surface area contributed by atoms with Crippen molar-refractivity contribution in [2.24, 2.45) is 0 Å². The molecule has 2 heteroatoms. The van der Waals surface area contributed by atoms with Gasteiger partial charge in [0.05, 0.1) is 0 Å². The van der Waals surface area contributed by atoms with Crippen molar-refractivity contribution in [1.82, 2.24) is 5.32 Å². The Morgan fingerprint density at radius 2 is 1.67 bits per heavy atom. The molecule has 0 radical (unpaired) electrons. The van der Waals surface area contributed by atoms with Crippen LogP contribution in [0.25, 0.3) is 0 Å². The molecule has 2 fully saturated rings. The van der Waals surface area contributed by atoms with Crippen molar-refractivity contribution in [1.29, 1.82) is 0 Å². The third-order valence-electron chi connectivity index (χ3n) is 5.19. The molecule has 0 saturated carbocycles.